The highest BCUT2D eigenvalue weighted by molar-refractivity contribution is 6.06. The van der Waals surface area contributed by atoms with Crippen molar-refractivity contribution in [2.24, 2.45) is 0 Å². The van der Waals surface area contributed by atoms with Crippen LogP contribution < -0.4 is 10.6 Å². The number of anilines is 2. The third-order valence-electron chi connectivity index (χ3n) is 7.60. The molecule has 9 nitrogen and oxygen atoms in total. The zero-order chi connectivity index (χ0) is 27.1. The second-order valence-electron chi connectivity index (χ2n) is 10.3. The maximum atomic E-state index is 13.7. The Kier molecular flexibility index (Phi) is 6.54. The number of methoxy groups -OCH3 is 1. The first-order chi connectivity index (χ1) is 18.9. The standard InChI is InChI=1S/C29H31FN6O3/c1-35(2)17-23-21(29(38-3)9-12-39-13-10-29)5-7-25(34-23)33-22-6-4-19(20-15-32-28(37)27(20)22)24-16-31-26-14-18(30)8-11-36(24)26/h4-8,11,14,16H,9-10,12-13,15,17H2,1-3H3,(H,32,37)(H,33,34). The molecule has 0 radical (unpaired) electrons. The van der Waals surface area contributed by atoms with Crippen molar-refractivity contribution in [3.05, 3.63) is 77.0 Å². The van der Waals surface area contributed by atoms with Gasteiger partial charge in [-0.15, -0.1) is 0 Å². The molecule has 2 aliphatic rings. The Bertz CT molecular complexity index is 1560. The average Bonchev–Trinajstić information content (AvgIpc) is 3.53. The third kappa shape index (κ3) is 4.54. The summed E-state index contributed by atoms with van der Waals surface area (Å²) in [6.45, 7) is 2.32. The van der Waals surface area contributed by atoms with Crippen molar-refractivity contribution in [2.75, 3.05) is 39.7 Å². The summed E-state index contributed by atoms with van der Waals surface area (Å²) < 4.78 is 27.2. The second-order valence-corrected chi connectivity index (χ2v) is 10.3. The smallest absolute Gasteiger partial charge is 0.254 e. The zero-order valence-electron chi connectivity index (χ0n) is 22.3. The van der Waals surface area contributed by atoms with Crippen LogP contribution in [-0.4, -0.2) is 59.6 Å². The normalized spacial score (nSPS) is 16.5. The van der Waals surface area contributed by atoms with Gasteiger partial charge in [-0.25, -0.2) is 14.4 Å². The number of imidazole rings is 1. The Morgan fingerprint density at radius 2 is 2.03 bits per heavy atom. The number of fused-ring (bicyclic) bond motifs is 2. The summed E-state index contributed by atoms with van der Waals surface area (Å²) in [7, 11) is 5.78. The Labute approximate surface area is 226 Å². The molecule has 1 aromatic carbocycles. The Hall–Kier alpha value is -3.86. The van der Waals surface area contributed by atoms with Gasteiger partial charge in [-0.1, -0.05) is 12.1 Å². The Morgan fingerprint density at radius 1 is 1.21 bits per heavy atom. The van der Waals surface area contributed by atoms with Crippen molar-refractivity contribution in [2.45, 2.75) is 31.5 Å². The van der Waals surface area contributed by atoms with E-state index in [2.05, 4.69) is 26.6 Å². The van der Waals surface area contributed by atoms with Crippen LogP contribution in [0.15, 0.2) is 48.8 Å². The molecule has 6 rings (SSSR count). The molecule has 1 saturated heterocycles. The highest BCUT2D eigenvalue weighted by atomic mass is 19.1. The highest BCUT2D eigenvalue weighted by Crippen LogP contribution is 2.39. The summed E-state index contributed by atoms with van der Waals surface area (Å²) >= 11 is 0. The number of amides is 1. The molecule has 10 heteroatoms. The van der Waals surface area contributed by atoms with Gasteiger partial charge in [-0.05, 0) is 37.9 Å². The van der Waals surface area contributed by atoms with Crippen molar-refractivity contribution in [1.29, 1.82) is 0 Å². The number of halogens is 1. The molecule has 202 valence electrons. The molecule has 0 bridgehead atoms. The van der Waals surface area contributed by atoms with Crippen LogP contribution in [0.3, 0.4) is 0 Å². The van der Waals surface area contributed by atoms with Gasteiger partial charge >= 0.3 is 0 Å². The zero-order valence-corrected chi connectivity index (χ0v) is 22.3. The predicted molar refractivity (Wildman–Crippen MR) is 145 cm³/mol. The molecule has 4 aromatic rings. The van der Waals surface area contributed by atoms with E-state index in [4.69, 9.17) is 14.5 Å². The quantitative estimate of drug-likeness (QED) is 0.369. The summed E-state index contributed by atoms with van der Waals surface area (Å²) in [5.74, 6) is 0.149. The van der Waals surface area contributed by atoms with Crippen LogP contribution in [0.2, 0.25) is 0 Å². The van der Waals surface area contributed by atoms with Gasteiger partial charge in [-0.3, -0.25) is 9.20 Å². The first-order valence-electron chi connectivity index (χ1n) is 13.0. The first-order valence-corrected chi connectivity index (χ1v) is 13.0. The van der Waals surface area contributed by atoms with Gasteiger partial charge in [0.1, 0.15) is 17.3 Å². The number of ether oxygens (including phenoxy) is 2. The lowest BCUT2D eigenvalue weighted by molar-refractivity contribution is -0.0956. The van der Waals surface area contributed by atoms with E-state index >= 15 is 0 Å². The van der Waals surface area contributed by atoms with Crippen LogP contribution in [0.4, 0.5) is 15.9 Å². The molecule has 39 heavy (non-hydrogen) atoms. The molecule has 5 heterocycles. The third-order valence-corrected chi connectivity index (χ3v) is 7.60. The Balaban J connectivity index is 1.38. The number of carbonyl (C=O) groups excluding carboxylic acids is 1. The van der Waals surface area contributed by atoms with Crippen LogP contribution in [-0.2, 0) is 28.2 Å². The molecule has 0 spiro atoms. The Morgan fingerprint density at radius 3 is 2.79 bits per heavy atom. The topological polar surface area (TPSA) is 93.0 Å². The highest BCUT2D eigenvalue weighted by Gasteiger charge is 2.37. The van der Waals surface area contributed by atoms with Gasteiger partial charge in [0, 0.05) is 69.6 Å². The van der Waals surface area contributed by atoms with E-state index in [9.17, 15) is 9.18 Å². The van der Waals surface area contributed by atoms with Gasteiger partial charge in [0.05, 0.1) is 34.4 Å². The van der Waals surface area contributed by atoms with E-state index in [1.165, 1.54) is 12.1 Å². The molecule has 0 saturated carbocycles. The molecule has 3 aromatic heterocycles. The van der Waals surface area contributed by atoms with Gasteiger partial charge in [-0.2, -0.15) is 0 Å². The minimum Gasteiger partial charge on any atom is -0.381 e. The van der Waals surface area contributed by atoms with E-state index in [0.29, 0.717) is 49.0 Å². The number of benzene rings is 1. The molecular weight excluding hydrogens is 499 g/mol. The van der Waals surface area contributed by atoms with Crippen molar-refractivity contribution in [1.82, 2.24) is 24.6 Å². The maximum Gasteiger partial charge on any atom is 0.254 e. The molecular formula is C29H31FN6O3. The van der Waals surface area contributed by atoms with Crippen LogP contribution in [0, 0.1) is 5.82 Å². The maximum absolute atomic E-state index is 13.7. The van der Waals surface area contributed by atoms with E-state index in [1.807, 2.05) is 36.7 Å². The fraction of sp³-hybridized carbons (Fsp3) is 0.345. The molecule has 2 aliphatic heterocycles. The monoisotopic (exact) mass is 530 g/mol. The molecule has 1 amide bonds. The number of carbonyl (C=O) groups is 1. The van der Waals surface area contributed by atoms with E-state index < -0.39 is 5.60 Å². The van der Waals surface area contributed by atoms with Crippen LogP contribution >= 0.6 is 0 Å². The predicted octanol–water partition coefficient (Wildman–Crippen LogP) is 4.24. The van der Waals surface area contributed by atoms with Gasteiger partial charge in [0.25, 0.3) is 5.91 Å². The van der Waals surface area contributed by atoms with Crippen LogP contribution in [0.5, 0.6) is 0 Å². The number of aromatic nitrogens is 3. The van der Waals surface area contributed by atoms with E-state index in [-0.39, 0.29) is 11.7 Å². The average molecular weight is 531 g/mol. The number of rotatable bonds is 7. The second kappa shape index (κ2) is 10.0. The lowest BCUT2D eigenvalue weighted by Crippen LogP contribution is -2.37. The number of hydrogen-bond donors (Lipinski definition) is 2. The number of pyridine rings is 2. The van der Waals surface area contributed by atoms with E-state index in [0.717, 1.165) is 40.9 Å². The SMILES string of the molecule is COC1(c2ccc(Nc3ccc(-c4cnc5cc(F)ccn45)c4c3C(=O)NC4)nc2CN(C)C)CCOCC1. The molecule has 1 fully saturated rings. The number of nitrogens with one attached hydrogen (secondary N) is 2. The molecule has 2 N–H and O–H groups in total. The first kappa shape index (κ1) is 25.4. The minimum absolute atomic E-state index is 0.153. The van der Waals surface area contributed by atoms with Crippen molar-refractivity contribution in [3.8, 4) is 11.3 Å². The summed E-state index contributed by atoms with van der Waals surface area (Å²) in [6, 6.07) is 10.7. The van der Waals surface area contributed by atoms with Gasteiger partial charge < -0.3 is 25.0 Å². The molecule has 0 atom stereocenters. The van der Waals surface area contributed by atoms with Crippen molar-refractivity contribution >= 4 is 23.1 Å². The summed E-state index contributed by atoms with van der Waals surface area (Å²) in [4.78, 5) is 24.4. The van der Waals surface area contributed by atoms with Crippen molar-refractivity contribution < 1.29 is 18.7 Å². The largest absolute Gasteiger partial charge is 0.381 e. The number of hydrogen-bond acceptors (Lipinski definition) is 7. The minimum atomic E-state index is -0.436. The lowest BCUT2D eigenvalue weighted by atomic mass is 9.85. The fourth-order valence-electron chi connectivity index (χ4n) is 5.68. The van der Waals surface area contributed by atoms with Crippen LogP contribution in [0.1, 0.15) is 40.0 Å². The van der Waals surface area contributed by atoms with Gasteiger partial charge in [0.15, 0.2) is 0 Å². The molecule has 0 unspecified atom stereocenters. The van der Waals surface area contributed by atoms with Crippen LogP contribution in [0.25, 0.3) is 16.9 Å². The summed E-state index contributed by atoms with van der Waals surface area (Å²) in [5.41, 5.74) is 5.83. The molecule has 0 aliphatic carbocycles. The summed E-state index contributed by atoms with van der Waals surface area (Å²) in [5, 5.41) is 6.35. The van der Waals surface area contributed by atoms with E-state index in [1.54, 1.807) is 19.5 Å². The fourth-order valence-corrected chi connectivity index (χ4v) is 5.68. The lowest BCUT2D eigenvalue weighted by Gasteiger charge is -2.37. The number of nitrogens with zero attached hydrogens (tertiary/aromatic N) is 4. The van der Waals surface area contributed by atoms with Gasteiger partial charge in [0.2, 0.25) is 0 Å². The van der Waals surface area contributed by atoms with Crippen molar-refractivity contribution in [3.63, 3.8) is 0 Å². The summed E-state index contributed by atoms with van der Waals surface area (Å²) in [6.07, 6.45) is 4.89.